The maximum atomic E-state index is 11.3. The van der Waals surface area contributed by atoms with E-state index in [1.165, 1.54) is 6.92 Å². The number of aliphatic hydroxyl groups excluding tert-OH is 1. The standard InChI is InChI=1S/C20H40O3S2/c1-16(21)23-18(15-25-20(5,6)7)13-11-9-8-10-12-17(22)14-24-19(2,3)4/h17-18,22H,8-15H2,1-7H3/t17-,18+/m0/s1. The molecule has 0 aliphatic rings. The van der Waals surface area contributed by atoms with Gasteiger partial charge in [0.25, 0.3) is 0 Å². The summed E-state index contributed by atoms with van der Waals surface area (Å²) >= 11 is 3.68. The molecule has 0 saturated heterocycles. The summed E-state index contributed by atoms with van der Waals surface area (Å²) in [5.74, 6) is 1.51. The molecule has 0 aromatic heterocycles. The minimum atomic E-state index is -0.193. The summed E-state index contributed by atoms with van der Waals surface area (Å²) in [7, 11) is 0. The van der Waals surface area contributed by atoms with Gasteiger partial charge in [-0.05, 0) is 19.3 Å². The van der Waals surface area contributed by atoms with E-state index in [0.717, 1.165) is 50.0 Å². The van der Waals surface area contributed by atoms with Crippen molar-refractivity contribution >= 4 is 29.5 Å². The van der Waals surface area contributed by atoms with E-state index in [0.29, 0.717) is 0 Å². The number of ether oxygens (including phenoxy) is 1. The van der Waals surface area contributed by atoms with E-state index >= 15 is 0 Å². The SMILES string of the molecule is CC(=O)O[C@H](CCCCCC[C@H](O)CSC(C)(C)C)CSC(C)(C)C. The molecular weight excluding hydrogens is 352 g/mol. The van der Waals surface area contributed by atoms with Crippen LogP contribution >= 0.6 is 23.5 Å². The molecule has 25 heavy (non-hydrogen) atoms. The second-order valence-electron chi connectivity index (χ2n) is 8.72. The Hall–Kier alpha value is 0.130. The molecule has 0 saturated carbocycles. The second kappa shape index (κ2) is 12.5. The number of aliphatic hydroxyl groups is 1. The van der Waals surface area contributed by atoms with Gasteiger partial charge in [-0.3, -0.25) is 4.79 Å². The molecule has 0 amide bonds. The zero-order chi connectivity index (χ0) is 19.5. The average Bonchev–Trinajstić information content (AvgIpc) is 2.43. The van der Waals surface area contributed by atoms with E-state index in [4.69, 9.17) is 4.74 Å². The van der Waals surface area contributed by atoms with Gasteiger partial charge in [-0.2, -0.15) is 23.5 Å². The van der Waals surface area contributed by atoms with Crippen LogP contribution in [0.1, 0.15) is 87.0 Å². The highest BCUT2D eigenvalue weighted by molar-refractivity contribution is 8.00. The first-order valence-corrected chi connectivity index (χ1v) is 11.5. The number of hydrogen-bond donors (Lipinski definition) is 1. The van der Waals surface area contributed by atoms with Crippen LogP contribution in [0.4, 0.5) is 0 Å². The van der Waals surface area contributed by atoms with E-state index in [1.807, 2.05) is 23.5 Å². The quantitative estimate of drug-likeness (QED) is 0.342. The molecule has 0 unspecified atom stereocenters. The molecule has 0 radical (unpaired) electrons. The zero-order valence-electron chi connectivity index (χ0n) is 17.4. The van der Waals surface area contributed by atoms with Gasteiger partial charge in [0.1, 0.15) is 6.10 Å². The van der Waals surface area contributed by atoms with E-state index in [2.05, 4.69) is 41.5 Å². The molecule has 5 heteroatoms. The lowest BCUT2D eigenvalue weighted by Crippen LogP contribution is -2.22. The van der Waals surface area contributed by atoms with Gasteiger partial charge in [0, 0.05) is 27.9 Å². The van der Waals surface area contributed by atoms with Gasteiger partial charge in [0.2, 0.25) is 0 Å². The van der Waals surface area contributed by atoms with Crippen molar-refractivity contribution in [3.05, 3.63) is 0 Å². The maximum Gasteiger partial charge on any atom is 0.302 e. The monoisotopic (exact) mass is 392 g/mol. The summed E-state index contributed by atoms with van der Waals surface area (Å²) in [5.41, 5.74) is 0. The highest BCUT2D eigenvalue weighted by atomic mass is 32.2. The lowest BCUT2D eigenvalue weighted by Gasteiger charge is -2.23. The summed E-state index contributed by atoms with van der Waals surface area (Å²) in [6, 6.07) is 0. The van der Waals surface area contributed by atoms with Crippen LogP contribution in [-0.2, 0) is 9.53 Å². The van der Waals surface area contributed by atoms with Crippen molar-refractivity contribution in [2.24, 2.45) is 0 Å². The van der Waals surface area contributed by atoms with Crippen LogP contribution in [-0.4, -0.2) is 44.3 Å². The molecule has 0 heterocycles. The molecule has 3 nitrogen and oxygen atoms in total. The Morgan fingerprint density at radius 3 is 1.84 bits per heavy atom. The first-order valence-electron chi connectivity index (χ1n) is 9.52. The third-order valence-corrected chi connectivity index (χ3v) is 6.38. The largest absolute Gasteiger partial charge is 0.462 e. The number of hydrogen-bond acceptors (Lipinski definition) is 5. The molecule has 0 aromatic carbocycles. The zero-order valence-corrected chi connectivity index (χ0v) is 19.0. The van der Waals surface area contributed by atoms with E-state index in [-0.39, 0.29) is 27.7 Å². The molecule has 0 fully saturated rings. The Bertz CT molecular complexity index is 359. The smallest absolute Gasteiger partial charge is 0.302 e. The first-order chi connectivity index (χ1) is 11.4. The average molecular weight is 393 g/mol. The molecule has 0 aliphatic carbocycles. The summed E-state index contributed by atoms with van der Waals surface area (Å²) in [4.78, 5) is 11.3. The topological polar surface area (TPSA) is 46.5 Å². The van der Waals surface area contributed by atoms with Crippen molar-refractivity contribution < 1.29 is 14.6 Å². The highest BCUT2D eigenvalue weighted by Crippen LogP contribution is 2.26. The Labute approximate surface area is 164 Å². The van der Waals surface area contributed by atoms with Crippen molar-refractivity contribution in [1.29, 1.82) is 0 Å². The number of carbonyl (C=O) groups is 1. The number of rotatable bonds is 12. The Balaban J connectivity index is 3.85. The molecule has 2 atom stereocenters. The number of esters is 1. The fourth-order valence-electron chi connectivity index (χ4n) is 2.29. The van der Waals surface area contributed by atoms with Crippen molar-refractivity contribution in [2.75, 3.05) is 11.5 Å². The van der Waals surface area contributed by atoms with Crippen LogP contribution in [0, 0.1) is 0 Å². The van der Waals surface area contributed by atoms with E-state index in [9.17, 15) is 9.90 Å². The summed E-state index contributed by atoms with van der Waals surface area (Å²) in [6.07, 6.45) is 6.07. The van der Waals surface area contributed by atoms with Crippen LogP contribution in [0.2, 0.25) is 0 Å². The number of carbonyl (C=O) groups excluding carboxylic acids is 1. The van der Waals surface area contributed by atoms with Crippen molar-refractivity contribution in [3.8, 4) is 0 Å². The van der Waals surface area contributed by atoms with Gasteiger partial charge < -0.3 is 9.84 Å². The van der Waals surface area contributed by atoms with Crippen molar-refractivity contribution in [2.45, 2.75) is 109 Å². The fourth-order valence-corrected chi connectivity index (χ4v) is 4.07. The minimum Gasteiger partial charge on any atom is -0.462 e. The number of unbranched alkanes of at least 4 members (excludes halogenated alkanes) is 3. The Morgan fingerprint density at radius 1 is 0.880 bits per heavy atom. The molecule has 0 rings (SSSR count). The molecule has 0 spiro atoms. The Morgan fingerprint density at radius 2 is 1.36 bits per heavy atom. The van der Waals surface area contributed by atoms with Crippen molar-refractivity contribution in [1.82, 2.24) is 0 Å². The second-order valence-corrected chi connectivity index (χ2v) is 12.4. The Kier molecular flexibility index (Phi) is 12.6. The normalized spacial score (nSPS) is 15.0. The summed E-state index contributed by atoms with van der Waals surface area (Å²) in [6.45, 7) is 14.6. The third kappa shape index (κ3) is 18.7. The maximum absolute atomic E-state index is 11.3. The van der Waals surface area contributed by atoms with Crippen LogP contribution in [0.5, 0.6) is 0 Å². The van der Waals surface area contributed by atoms with Crippen molar-refractivity contribution in [3.63, 3.8) is 0 Å². The van der Waals surface area contributed by atoms with Gasteiger partial charge >= 0.3 is 5.97 Å². The molecule has 1 N–H and O–H groups in total. The van der Waals surface area contributed by atoms with Crippen LogP contribution in [0.25, 0.3) is 0 Å². The lowest BCUT2D eigenvalue weighted by atomic mass is 10.1. The molecule has 150 valence electrons. The van der Waals surface area contributed by atoms with Crippen LogP contribution in [0.3, 0.4) is 0 Å². The molecule has 0 bridgehead atoms. The van der Waals surface area contributed by atoms with Crippen LogP contribution in [0.15, 0.2) is 0 Å². The first kappa shape index (κ1) is 25.1. The minimum absolute atomic E-state index is 0.0236. The predicted molar refractivity (Wildman–Crippen MR) is 114 cm³/mol. The number of thioether (sulfide) groups is 2. The lowest BCUT2D eigenvalue weighted by molar-refractivity contribution is -0.145. The third-order valence-electron chi connectivity index (χ3n) is 3.56. The molecular formula is C20H40O3S2. The summed E-state index contributed by atoms with van der Waals surface area (Å²) < 4.78 is 5.87. The van der Waals surface area contributed by atoms with Gasteiger partial charge in [-0.1, -0.05) is 60.8 Å². The van der Waals surface area contributed by atoms with E-state index in [1.54, 1.807) is 0 Å². The van der Waals surface area contributed by atoms with Gasteiger partial charge in [-0.25, -0.2) is 0 Å². The van der Waals surface area contributed by atoms with Gasteiger partial charge in [0.05, 0.1) is 6.10 Å². The fraction of sp³-hybridized carbons (Fsp3) is 0.950. The summed E-state index contributed by atoms with van der Waals surface area (Å²) in [5, 5.41) is 10.0. The molecule has 0 aromatic rings. The van der Waals surface area contributed by atoms with Crippen LogP contribution < -0.4 is 0 Å². The van der Waals surface area contributed by atoms with E-state index < -0.39 is 0 Å². The van der Waals surface area contributed by atoms with Gasteiger partial charge in [0.15, 0.2) is 0 Å². The highest BCUT2D eigenvalue weighted by Gasteiger charge is 2.18. The predicted octanol–water partition coefficient (Wildman–Crippen LogP) is 5.68. The van der Waals surface area contributed by atoms with Gasteiger partial charge in [-0.15, -0.1) is 0 Å². The molecule has 0 aliphatic heterocycles.